The molecular formula is C15H21F5N4O2S. The molecule has 0 bridgehead atoms. The molecule has 6 nitrogen and oxygen atoms in total. The number of carbonyl (C=O) groups is 2. The molecule has 0 aromatic heterocycles. The fourth-order valence-electron chi connectivity index (χ4n) is 2.55. The van der Waals surface area contributed by atoms with Crippen molar-refractivity contribution in [3.63, 3.8) is 0 Å². The van der Waals surface area contributed by atoms with E-state index in [2.05, 4.69) is 16.0 Å². The number of nitrogens with one attached hydrogen (secondary N) is 3. The van der Waals surface area contributed by atoms with Crippen molar-refractivity contribution in [2.75, 3.05) is 14.1 Å². The van der Waals surface area contributed by atoms with Gasteiger partial charge < -0.3 is 10.6 Å². The molecule has 3 atom stereocenters. The van der Waals surface area contributed by atoms with Gasteiger partial charge in [0.15, 0.2) is 0 Å². The summed E-state index contributed by atoms with van der Waals surface area (Å²) in [7, 11) is -6.34. The van der Waals surface area contributed by atoms with Crippen molar-refractivity contribution < 1.29 is 29.0 Å². The molecule has 1 fully saturated rings. The van der Waals surface area contributed by atoms with Crippen molar-refractivity contribution in [1.82, 2.24) is 20.9 Å². The van der Waals surface area contributed by atoms with Crippen molar-refractivity contribution in [2.45, 2.75) is 36.6 Å². The third-order valence-corrected chi connectivity index (χ3v) is 5.23. The molecule has 3 N–H and O–H groups in total. The van der Waals surface area contributed by atoms with E-state index in [9.17, 15) is 29.0 Å². The highest BCUT2D eigenvalue weighted by Crippen LogP contribution is 3.02. The quantitative estimate of drug-likeness (QED) is 0.646. The molecule has 1 aromatic rings. The lowest BCUT2D eigenvalue weighted by Crippen LogP contribution is -2.65. The topological polar surface area (TPSA) is 73.5 Å². The van der Waals surface area contributed by atoms with Gasteiger partial charge in [-0.2, -0.15) is 0 Å². The number of rotatable bonds is 5. The van der Waals surface area contributed by atoms with E-state index in [-0.39, 0.29) is 17.9 Å². The highest BCUT2D eigenvalue weighted by atomic mass is 32.5. The summed E-state index contributed by atoms with van der Waals surface area (Å²) < 4.78 is 63.8. The van der Waals surface area contributed by atoms with E-state index in [4.69, 9.17) is 0 Å². The summed E-state index contributed by atoms with van der Waals surface area (Å²) in [5.74, 6) is -0.860. The third kappa shape index (κ3) is 5.53. The van der Waals surface area contributed by atoms with Gasteiger partial charge in [-0.05, 0) is 38.7 Å². The first-order chi connectivity index (χ1) is 12.1. The summed E-state index contributed by atoms with van der Waals surface area (Å²) in [5.41, 5.74) is 0.221. The van der Waals surface area contributed by atoms with E-state index in [1.54, 1.807) is 19.0 Å². The van der Waals surface area contributed by atoms with Gasteiger partial charge in [0, 0.05) is 0 Å². The minimum absolute atomic E-state index is 0.105. The number of carbonyl (C=O) groups excluding carboxylic acids is 2. The monoisotopic (exact) mass is 416 g/mol. The SMILES string of the molecule is C[C@@H](NC(=O)C1CC(=O)NC(N(C)C)N1)c1ccc(S(F)(F)(F)(F)F)cc1. The zero-order valence-corrected chi connectivity index (χ0v) is 15.6. The van der Waals surface area contributed by atoms with Gasteiger partial charge in [-0.25, -0.2) is 0 Å². The van der Waals surface area contributed by atoms with Gasteiger partial charge in [0.1, 0.15) is 11.2 Å². The van der Waals surface area contributed by atoms with Crippen LogP contribution in [0.1, 0.15) is 24.9 Å². The number of benzene rings is 1. The van der Waals surface area contributed by atoms with Gasteiger partial charge in [-0.15, -0.1) is 0 Å². The van der Waals surface area contributed by atoms with Crippen LogP contribution in [-0.4, -0.2) is 43.1 Å². The maximum absolute atomic E-state index is 12.8. The Kier molecular flexibility index (Phi) is 5.00. The smallest absolute Gasteiger partial charge is 0.310 e. The van der Waals surface area contributed by atoms with E-state index < -0.39 is 39.4 Å². The van der Waals surface area contributed by atoms with Gasteiger partial charge in [0.25, 0.3) is 0 Å². The average molecular weight is 416 g/mol. The highest BCUT2D eigenvalue weighted by molar-refractivity contribution is 8.45. The second kappa shape index (κ2) is 6.31. The summed E-state index contributed by atoms with van der Waals surface area (Å²) in [6.07, 6.45) is -0.652. The van der Waals surface area contributed by atoms with Gasteiger partial charge >= 0.3 is 10.2 Å². The largest absolute Gasteiger partial charge is 0.348 e. The Morgan fingerprint density at radius 3 is 2.22 bits per heavy atom. The molecule has 2 rings (SSSR count). The first-order valence-electron chi connectivity index (χ1n) is 7.93. The van der Waals surface area contributed by atoms with Crippen molar-refractivity contribution in [2.24, 2.45) is 0 Å². The van der Waals surface area contributed by atoms with E-state index in [1.165, 1.54) is 6.92 Å². The highest BCUT2D eigenvalue weighted by Gasteiger charge is 2.65. The summed E-state index contributed by atoms with van der Waals surface area (Å²) >= 11 is 0. The van der Waals surface area contributed by atoms with E-state index in [1.807, 2.05) is 0 Å². The van der Waals surface area contributed by atoms with Gasteiger partial charge in [0.2, 0.25) is 11.8 Å². The number of nitrogens with zero attached hydrogens (tertiary/aromatic N) is 1. The summed E-state index contributed by atoms with van der Waals surface area (Å²) in [5, 5.41) is 8.12. The van der Waals surface area contributed by atoms with Crippen LogP contribution in [0.3, 0.4) is 0 Å². The molecule has 0 spiro atoms. The van der Waals surface area contributed by atoms with Crippen LogP contribution < -0.4 is 16.0 Å². The molecule has 2 amide bonds. The molecule has 12 heteroatoms. The van der Waals surface area contributed by atoms with Crippen LogP contribution in [0.2, 0.25) is 0 Å². The van der Waals surface area contributed by atoms with Crippen LogP contribution in [0.5, 0.6) is 0 Å². The number of hydrogen-bond acceptors (Lipinski definition) is 4. The molecule has 1 aliphatic rings. The third-order valence-electron chi connectivity index (χ3n) is 4.06. The molecule has 154 valence electrons. The zero-order chi connectivity index (χ0) is 20.7. The van der Waals surface area contributed by atoms with E-state index in [0.717, 1.165) is 12.1 Å². The van der Waals surface area contributed by atoms with Crippen LogP contribution in [0.4, 0.5) is 19.4 Å². The van der Waals surface area contributed by atoms with Crippen LogP contribution in [0.25, 0.3) is 0 Å². The Labute approximate surface area is 153 Å². The lowest BCUT2D eigenvalue weighted by molar-refractivity contribution is -0.133. The van der Waals surface area contributed by atoms with Crippen molar-refractivity contribution in [3.8, 4) is 0 Å². The fraction of sp³-hybridized carbons (Fsp3) is 0.467. The average Bonchev–Trinajstić information content (AvgIpc) is 2.52. The molecule has 2 unspecified atom stereocenters. The maximum atomic E-state index is 12.8. The first kappa shape index (κ1) is 21.4. The molecule has 0 radical (unpaired) electrons. The van der Waals surface area contributed by atoms with E-state index in [0.29, 0.717) is 12.1 Å². The molecule has 0 saturated carbocycles. The second-order valence-corrected chi connectivity index (χ2v) is 9.03. The molecular weight excluding hydrogens is 395 g/mol. The minimum atomic E-state index is -9.73. The summed E-state index contributed by atoms with van der Waals surface area (Å²) in [4.78, 5) is 23.7. The first-order valence-corrected chi connectivity index (χ1v) is 9.88. The molecule has 27 heavy (non-hydrogen) atoms. The lowest BCUT2D eigenvalue weighted by atomic mass is 10.1. The lowest BCUT2D eigenvalue weighted by Gasteiger charge is -2.40. The molecule has 0 aliphatic carbocycles. The van der Waals surface area contributed by atoms with E-state index >= 15 is 0 Å². The molecule has 1 saturated heterocycles. The zero-order valence-electron chi connectivity index (χ0n) is 14.8. The Morgan fingerprint density at radius 2 is 1.74 bits per heavy atom. The predicted molar refractivity (Wildman–Crippen MR) is 91.6 cm³/mol. The normalized spacial score (nSPS) is 24.6. The van der Waals surface area contributed by atoms with Crippen LogP contribution in [0.15, 0.2) is 29.2 Å². The fourth-order valence-corrected chi connectivity index (χ4v) is 3.20. The van der Waals surface area contributed by atoms with Crippen LogP contribution in [-0.2, 0) is 9.59 Å². The Hall–Kier alpha value is -1.92. The van der Waals surface area contributed by atoms with Crippen molar-refractivity contribution in [1.29, 1.82) is 0 Å². The molecule has 1 aliphatic heterocycles. The van der Waals surface area contributed by atoms with Crippen molar-refractivity contribution in [3.05, 3.63) is 29.8 Å². The van der Waals surface area contributed by atoms with Gasteiger partial charge in [0.05, 0.1) is 18.5 Å². The standard InChI is InChI=1S/C15H21F5N4O2S/c1-9(10-4-6-11(7-5-10)27(16,17,18,19)20)21-14(26)12-8-13(25)23-15(22-12)24(2)3/h4-7,9,12,15,22H,8H2,1-3H3,(H,21,26)(H,23,25)/t9-,12?,15?/m1/s1. The summed E-state index contributed by atoms with van der Waals surface area (Å²) in [6, 6.07) is 0.804. The maximum Gasteiger partial charge on any atom is 0.310 e. The number of hydrogen-bond donors (Lipinski definition) is 3. The Balaban J connectivity index is 2.07. The van der Waals surface area contributed by atoms with Gasteiger partial charge in [-0.3, -0.25) is 19.8 Å². The Bertz CT molecular complexity index is 739. The minimum Gasteiger partial charge on any atom is -0.348 e. The predicted octanol–water partition coefficient (Wildman–Crippen LogP) is 2.84. The Morgan fingerprint density at radius 1 is 1.19 bits per heavy atom. The van der Waals surface area contributed by atoms with Crippen molar-refractivity contribution >= 4 is 22.0 Å². The van der Waals surface area contributed by atoms with Crippen LogP contribution >= 0.6 is 10.2 Å². The van der Waals surface area contributed by atoms with Crippen LogP contribution in [0, 0.1) is 0 Å². The second-order valence-electron chi connectivity index (χ2n) is 6.63. The van der Waals surface area contributed by atoms with Gasteiger partial charge in [-0.1, -0.05) is 31.6 Å². The summed E-state index contributed by atoms with van der Waals surface area (Å²) in [6.45, 7) is 1.50. The molecule has 1 heterocycles. The number of amides is 2. The molecule has 1 aromatic carbocycles. The number of halogens is 5.